The fourth-order valence-corrected chi connectivity index (χ4v) is 4.28. The number of amides is 1. The lowest BCUT2D eigenvalue weighted by Gasteiger charge is -2.37. The second-order valence-electron chi connectivity index (χ2n) is 7.65. The van der Waals surface area contributed by atoms with Gasteiger partial charge in [0.2, 0.25) is 5.91 Å². The highest BCUT2D eigenvalue weighted by Gasteiger charge is 2.37. The molecule has 0 aliphatic heterocycles. The molecule has 0 bridgehead atoms. The number of benzene rings is 1. The third kappa shape index (κ3) is 4.90. The van der Waals surface area contributed by atoms with E-state index >= 15 is 0 Å². The Morgan fingerprint density at radius 2 is 2.27 bits per heavy atom. The summed E-state index contributed by atoms with van der Waals surface area (Å²) in [5.41, 5.74) is 10.9. The molecule has 140 valence electrons. The van der Waals surface area contributed by atoms with Crippen LogP contribution in [0.5, 0.6) is 0 Å². The quantitative estimate of drug-likeness (QED) is 0.812. The largest absolute Gasteiger partial charge is 0.326 e. The average molecular weight is 373 g/mol. The van der Waals surface area contributed by atoms with Gasteiger partial charge in [0.1, 0.15) is 0 Å². The molecule has 1 aliphatic rings. The van der Waals surface area contributed by atoms with Gasteiger partial charge in [0.15, 0.2) is 0 Å². The van der Waals surface area contributed by atoms with Gasteiger partial charge in [-0.15, -0.1) is 11.3 Å². The first-order valence-electron chi connectivity index (χ1n) is 9.18. The van der Waals surface area contributed by atoms with Crippen molar-refractivity contribution in [1.82, 2.24) is 9.88 Å². The number of nitrogens with two attached hydrogens (primary N) is 1. The van der Waals surface area contributed by atoms with Crippen molar-refractivity contribution in [2.45, 2.75) is 51.2 Å². The van der Waals surface area contributed by atoms with Crippen LogP contribution in [0.4, 0.5) is 5.69 Å². The van der Waals surface area contributed by atoms with E-state index in [0.29, 0.717) is 0 Å². The molecule has 2 unspecified atom stereocenters. The van der Waals surface area contributed by atoms with Crippen LogP contribution in [0, 0.1) is 5.92 Å². The second-order valence-corrected chi connectivity index (χ2v) is 8.36. The monoisotopic (exact) mass is 372 g/mol. The topological polar surface area (TPSA) is 71.2 Å². The molecule has 1 aliphatic carbocycles. The number of hydrogen-bond donors (Lipinski definition) is 2. The van der Waals surface area contributed by atoms with E-state index in [9.17, 15) is 4.79 Å². The highest BCUT2D eigenvalue weighted by Crippen LogP contribution is 2.32. The molecule has 6 heteroatoms. The maximum Gasteiger partial charge on any atom is 0.229 e. The summed E-state index contributed by atoms with van der Waals surface area (Å²) >= 11 is 1.61. The van der Waals surface area contributed by atoms with E-state index in [-0.39, 0.29) is 11.8 Å². The Hall–Kier alpha value is -1.76. The van der Waals surface area contributed by atoms with Crippen LogP contribution in [0.1, 0.15) is 43.9 Å². The fourth-order valence-electron chi connectivity index (χ4n) is 3.73. The van der Waals surface area contributed by atoms with Gasteiger partial charge in [-0.1, -0.05) is 25.0 Å². The lowest BCUT2D eigenvalue weighted by molar-refractivity contribution is -0.122. The Bertz CT molecular complexity index is 729. The number of rotatable bonds is 6. The molecule has 1 saturated carbocycles. The summed E-state index contributed by atoms with van der Waals surface area (Å²) in [5, 5.41) is 5.15. The van der Waals surface area contributed by atoms with E-state index < -0.39 is 5.54 Å². The molecule has 0 spiro atoms. The molecule has 26 heavy (non-hydrogen) atoms. The van der Waals surface area contributed by atoms with Crippen LogP contribution in [0.3, 0.4) is 0 Å². The maximum absolute atomic E-state index is 12.7. The standard InChI is InChI=1S/C20H28N4OS/c1-20(21)9-4-3-8-18(20)19(25)23-16-7-5-6-15(10-16)11-24(2)12-17-13-26-14-22-17/h5-7,10,13-14,18H,3-4,8-9,11-12,21H2,1-2H3,(H,23,25). The Kier molecular flexibility index (Phi) is 6.06. The number of anilines is 1. The first-order valence-corrected chi connectivity index (χ1v) is 10.1. The molecule has 1 heterocycles. The molecule has 5 nitrogen and oxygen atoms in total. The van der Waals surface area contributed by atoms with Gasteiger partial charge in [0, 0.05) is 29.7 Å². The minimum absolute atomic E-state index is 0.0441. The van der Waals surface area contributed by atoms with E-state index in [1.807, 2.05) is 30.6 Å². The summed E-state index contributed by atoms with van der Waals surface area (Å²) < 4.78 is 0. The lowest BCUT2D eigenvalue weighted by atomic mass is 9.74. The number of nitrogens with zero attached hydrogens (tertiary/aromatic N) is 2. The number of thiazole rings is 1. The first kappa shape index (κ1) is 19.0. The zero-order valence-electron chi connectivity index (χ0n) is 15.6. The van der Waals surface area contributed by atoms with Crippen molar-refractivity contribution in [3.8, 4) is 0 Å². The van der Waals surface area contributed by atoms with Crippen molar-refractivity contribution < 1.29 is 4.79 Å². The Morgan fingerprint density at radius 3 is 3.00 bits per heavy atom. The minimum atomic E-state index is -0.409. The first-order chi connectivity index (χ1) is 12.4. The number of carbonyl (C=O) groups is 1. The van der Waals surface area contributed by atoms with Crippen LogP contribution in [0.2, 0.25) is 0 Å². The lowest BCUT2D eigenvalue weighted by Crippen LogP contribution is -2.51. The van der Waals surface area contributed by atoms with Crippen molar-refractivity contribution >= 4 is 22.9 Å². The number of hydrogen-bond acceptors (Lipinski definition) is 5. The molecule has 0 radical (unpaired) electrons. The van der Waals surface area contributed by atoms with Crippen LogP contribution in [0.25, 0.3) is 0 Å². The fraction of sp³-hybridized carbons (Fsp3) is 0.500. The molecule has 1 amide bonds. The molecule has 3 rings (SSSR count). The minimum Gasteiger partial charge on any atom is -0.326 e. The summed E-state index contributed by atoms with van der Waals surface area (Å²) in [4.78, 5) is 19.3. The molecule has 1 fully saturated rings. The van der Waals surface area contributed by atoms with E-state index in [4.69, 9.17) is 5.73 Å². The summed E-state index contributed by atoms with van der Waals surface area (Å²) in [6.45, 7) is 3.62. The van der Waals surface area contributed by atoms with Gasteiger partial charge in [-0.3, -0.25) is 9.69 Å². The van der Waals surface area contributed by atoms with Gasteiger partial charge < -0.3 is 11.1 Å². The number of carbonyl (C=O) groups excluding carboxylic acids is 1. The van der Waals surface area contributed by atoms with Crippen molar-refractivity contribution in [2.24, 2.45) is 11.7 Å². The van der Waals surface area contributed by atoms with Gasteiger partial charge in [-0.05, 0) is 44.5 Å². The predicted octanol–water partition coefficient (Wildman–Crippen LogP) is 3.62. The third-order valence-electron chi connectivity index (χ3n) is 5.13. The van der Waals surface area contributed by atoms with E-state index in [0.717, 1.165) is 50.2 Å². The molecule has 2 aromatic rings. The summed E-state index contributed by atoms with van der Waals surface area (Å²) in [7, 11) is 2.08. The highest BCUT2D eigenvalue weighted by atomic mass is 32.1. The van der Waals surface area contributed by atoms with Crippen LogP contribution in [-0.4, -0.2) is 28.4 Å². The van der Waals surface area contributed by atoms with Crippen LogP contribution in [-0.2, 0) is 17.9 Å². The van der Waals surface area contributed by atoms with E-state index in [1.54, 1.807) is 11.3 Å². The van der Waals surface area contributed by atoms with Crippen LogP contribution < -0.4 is 11.1 Å². The van der Waals surface area contributed by atoms with Crippen molar-refractivity contribution in [3.05, 3.63) is 46.4 Å². The zero-order chi connectivity index (χ0) is 18.6. The van der Waals surface area contributed by atoms with Gasteiger partial charge in [0.25, 0.3) is 0 Å². The molecule has 1 aromatic carbocycles. The molecule has 1 aromatic heterocycles. The molecular weight excluding hydrogens is 344 g/mol. The molecule has 2 atom stereocenters. The maximum atomic E-state index is 12.7. The van der Waals surface area contributed by atoms with Gasteiger partial charge >= 0.3 is 0 Å². The zero-order valence-corrected chi connectivity index (χ0v) is 16.4. The highest BCUT2D eigenvalue weighted by molar-refractivity contribution is 7.07. The average Bonchev–Trinajstić information content (AvgIpc) is 3.07. The summed E-state index contributed by atoms with van der Waals surface area (Å²) in [6.07, 6.45) is 3.96. The van der Waals surface area contributed by atoms with Crippen LogP contribution >= 0.6 is 11.3 Å². The van der Waals surface area contributed by atoms with E-state index in [2.05, 4.69) is 33.7 Å². The molecule has 3 N–H and O–H groups in total. The Labute approximate surface area is 159 Å². The predicted molar refractivity (Wildman–Crippen MR) is 107 cm³/mol. The van der Waals surface area contributed by atoms with Crippen molar-refractivity contribution in [3.63, 3.8) is 0 Å². The van der Waals surface area contributed by atoms with Gasteiger partial charge in [0.05, 0.1) is 17.1 Å². The van der Waals surface area contributed by atoms with E-state index in [1.165, 1.54) is 5.56 Å². The molecule has 0 saturated heterocycles. The smallest absolute Gasteiger partial charge is 0.229 e. The number of nitrogens with one attached hydrogen (secondary N) is 1. The van der Waals surface area contributed by atoms with Crippen molar-refractivity contribution in [1.29, 1.82) is 0 Å². The Balaban J connectivity index is 1.60. The second kappa shape index (κ2) is 8.29. The normalized spacial score (nSPS) is 23.2. The van der Waals surface area contributed by atoms with Gasteiger partial charge in [-0.2, -0.15) is 0 Å². The third-order valence-corrected chi connectivity index (χ3v) is 5.77. The van der Waals surface area contributed by atoms with Gasteiger partial charge in [-0.25, -0.2) is 4.98 Å². The summed E-state index contributed by atoms with van der Waals surface area (Å²) in [6, 6.07) is 8.07. The van der Waals surface area contributed by atoms with Crippen molar-refractivity contribution in [2.75, 3.05) is 12.4 Å². The summed E-state index contributed by atoms with van der Waals surface area (Å²) in [5.74, 6) is -0.0741. The molecular formula is C20H28N4OS. The SMILES string of the molecule is CN(Cc1cccc(NC(=O)C2CCCCC2(C)N)c1)Cc1cscn1. The van der Waals surface area contributed by atoms with Crippen LogP contribution in [0.15, 0.2) is 35.2 Å². The number of aromatic nitrogens is 1. The Morgan fingerprint density at radius 1 is 1.42 bits per heavy atom.